The highest BCUT2D eigenvalue weighted by molar-refractivity contribution is 6.41. The van der Waals surface area contributed by atoms with Gasteiger partial charge in [-0.1, -0.05) is 23.2 Å². The molecule has 0 radical (unpaired) electrons. The Kier molecular flexibility index (Phi) is 5.81. The van der Waals surface area contributed by atoms with Crippen LogP contribution in [0, 0.1) is 0 Å². The first kappa shape index (κ1) is 15.2. The molecule has 0 spiro atoms. The molecule has 1 rings (SSSR count). The molecule has 0 aliphatic rings. The van der Waals surface area contributed by atoms with Crippen molar-refractivity contribution in [3.8, 4) is 0 Å². The Hall–Kier alpha value is -0.880. The molecule has 0 saturated heterocycles. The topological polar surface area (TPSA) is 62.7 Å². The van der Waals surface area contributed by atoms with Crippen LogP contribution in [0.1, 0.15) is 10.4 Å². The van der Waals surface area contributed by atoms with E-state index in [0.29, 0.717) is 5.56 Å². The average molecular weight is 293 g/mol. The molecule has 100 valence electrons. The first-order valence-electron chi connectivity index (χ1n) is 5.19. The van der Waals surface area contributed by atoms with Gasteiger partial charge in [-0.15, -0.1) is 0 Å². The third kappa shape index (κ3) is 4.10. The molecule has 1 aromatic rings. The van der Waals surface area contributed by atoms with Crippen molar-refractivity contribution in [2.24, 2.45) is 0 Å². The number of hydrogen-bond donors (Lipinski definition) is 1. The predicted molar refractivity (Wildman–Crippen MR) is 69.1 cm³/mol. The van der Waals surface area contributed by atoms with E-state index in [-0.39, 0.29) is 29.2 Å². The fourth-order valence-electron chi connectivity index (χ4n) is 1.40. The Morgan fingerprint density at radius 1 is 1.61 bits per heavy atom. The maximum Gasteiger partial charge on any atom is 0.255 e. The number of rotatable bonds is 5. The Morgan fingerprint density at radius 3 is 2.83 bits per heavy atom. The smallest absolute Gasteiger partial charge is 0.255 e. The van der Waals surface area contributed by atoms with E-state index in [2.05, 4.69) is 4.98 Å². The van der Waals surface area contributed by atoms with Gasteiger partial charge in [-0.2, -0.15) is 0 Å². The molecule has 0 aliphatic heterocycles. The number of halogens is 2. The van der Waals surface area contributed by atoms with Crippen LogP contribution in [-0.2, 0) is 4.74 Å². The summed E-state index contributed by atoms with van der Waals surface area (Å²) in [7, 11) is 3.05. The van der Waals surface area contributed by atoms with E-state index < -0.39 is 6.10 Å². The molecular formula is C11H14Cl2N2O3. The minimum atomic E-state index is -0.736. The first-order valence-corrected chi connectivity index (χ1v) is 5.94. The number of carbonyl (C=O) groups excluding carboxylic acids is 1. The number of ether oxygens (including phenoxy) is 1. The van der Waals surface area contributed by atoms with Gasteiger partial charge in [0.15, 0.2) is 0 Å². The molecule has 0 aliphatic carbocycles. The van der Waals surface area contributed by atoms with Gasteiger partial charge in [0.2, 0.25) is 0 Å². The van der Waals surface area contributed by atoms with Crippen LogP contribution in [0.5, 0.6) is 0 Å². The van der Waals surface area contributed by atoms with Gasteiger partial charge in [-0.05, 0) is 6.07 Å². The Labute approximate surface area is 115 Å². The number of carbonyl (C=O) groups is 1. The minimum absolute atomic E-state index is 0.148. The predicted octanol–water partition coefficient (Wildman–Crippen LogP) is 1.47. The average Bonchev–Trinajstić information content (AvgIpc) is 2.32. The number of amides is 1. The molecule has 1 unspecified atom stereocenters. The van der Waals surface area contributed by atoms with Crippen LogP contribution in [0.25, 0.3) is 0 Å². The van der Waals surface area contributed by atoms with Crippen molar-refractivity contribution in [3.63, 3.8) is 0 Å². The summed E-state index contributed by atoms with van der Waals surface area (Å²) < 4.78 is 4.79. The van der Waals surface area contributed by atoms with Gasteiger partial charge in [0.25, 0.3) is 5.91 Å². The molecule has 0 saturated carbocycles. The van der Waals surface area contributed by atoms with E-state index in [1.807, 2.05) is 0 Å². The Bertz CT molecular complexity index is 429. The maximum absolute atomic E-state index is 12.0. The van der Waals surface area contributed by atoms with Crippen molar-refractivity contribution in [2.45, 2.75) is 6.10 Å². The van der Waals surface area contributed by atoms with Crippen LogP contribution < -0.4 is 0 Å². The first-order chi connectivity index (χ1) is 8.45. The van der Waals surface area contributed by atoms with Crippen LogP contribution in [0.4, 0.5) is 0 Å². The third-order valence-corrected chi connectivity index (χ3v) is 2.92. The standard InChI is InChI=1S/C11H14Cl2N2O3/c1-15(5-8(16)6-18-2)11(17)7-3-9(12)10(13)14-4-7/h3-4,8,16H,5-6H2,1-2H3. The molecule has 7 heteroatoms. The van der Waals surface area contributed by atoms with Crippen LogP contribution in [0.3, 0.4) is 0 Å². The van der Waals surface area contributed by atoms with Gasteiger partial charge in [-0.3, -0.25) is 4.79 Å². The molecule has 18 heavy (non-hydrogen) atoms. The number of aliphatic hydroxyl groups excluding tert-OH is 1. The molecular weight excluding hydrogens is 279 g/mol. The number of methoxy groups -OCH3 is 1. The van der Waals surface area contributed by atoms with Gasteiger partial charge in [0.05, 0.1) is 23.3 Å². The molecule has 1 heterocycles. The number of aromatic nitrogens is 1. The van der Waals surface area contributed by atoms with Crippen LogP contribution in [0.15, 0.2) is 12.3 Å². The van der Waals surface area contributed by atoms with E-state index in [4.69, 9.17) is 27.9 Å². The summed E-state index contributed by atoms with van der Waals surface area (Å²) in [5.74, 6) is -0.295. The minimum Gasteiger partial charge on any atom is -0.389 e. The molecule has 1 aromatic heterocycles. The summed E-state index contributed by atoms with van der Waals surface area (Å²) in [5, 5.41) is 9.90. The summed E-state index contributed by atoms with van der Waals surface area (Å²) in [6.45, 7) is 0.324. The van der Waals surface area contributed by atoms with Crippen molar-refractivity contribution < 1.29 is 14.6 Å². The molecule has 0 bridgehead atoms. The summed E-state index contributed by atoms with van der Waals surface area (Å²) in [4.78, 5) is 17.1. The zero-order valence-electron chi connectivity index (χ0n) is 10.1. The van der Waals surface area contributed by atoms with Crippen LogP contribution >= 0.6 is 23.2 Å². The Balaban J connectivity index is 2.71. The van der Waals surface area contributed by atoms with E-state index in [1.165, 1.54) is 24.3 Å². The quantitative estimate of drug-likeness (QED) is 0.835. The zero-order valence-corrected chi connectivity index (χ0v) is 11.6. The van der Waals surface area contributed by atoms with Crippen molar-refractivity contribution in [2.75, 3.05) is 27.3 Å². The number of likely N-dealkylation sites (N-methyl/N-ethyl adjacent to an activating group) is 1. The molecule has 0 fully saturated rings. The second-order valence-electron chi connectivity index (χ2n) is 3.79. The Morgan fingerprint density at radius 2 is 2.28 bits per heavy atom. The summed E-state index contributed by atoms with van der Waals surface area (Å²) in [6, 6.07) is 1.44. The lowest BCUT2D eigenvalue weighted by atomic mass is 10.2. The largest absolute Gasteiger partial charge is 0.389 e. The van der Waals surface area contributed by atoms with Gasteiger partial charge in [0, 0.05) is 26.9 Å². The van der Waals surface area contributed by atoms with Gasteiger partial charge in [-0.25, -0.2) is 4.98 Å². The lowest BCUT2D eigenvalue weighted by molar-refractivity contribution is 0.0380. The SMILES string of the molecule is COCC(O)CN(C)C(=O)c1cnc(Cl)c(Cl)c1. The highest BCUT2D eigenvalue weighted by Gasteiger charge is 2.16. The molecule has 0 aromatic carbocycles. The van der Waals surface area contributed by atoms with Gasteiger partial charge < -0.3 is 14.7 Å². The second kappa shape index (κ2) is 6.89. The zero-order chi connectivity index (χ0) is 13.7. The van der Waals surface area contributed by atoms with E-state index in [1.54, 1.807) is 7.05 Å². The number of pyridine rings is 1. The van der Waals surface area contributed by atoms with Crippen molar-refractivity contribution in [1.29, 1.82) is 0 Å². The van der Waals surface area contributed by atoms with Crippen molar-refractivity contribution in [1.82, 2.24) is 9.88 Å². The van der Waals surface area contributed by atoms with Gasteiger partial charge >= 0.3 is 0 Å². The van der Waals surface area contributed by atoms with E-state index in [0.717, 1.165) is 0 Å². The second-order valence-corrected chi connectivity index (χ2v) is 4.56. The fourth-order valence-corrected chi connectivity index (χ4v) is 1.67. The van der Waals surface area contributed by atoms with Crippen molar-refractivity contribution >= 4 is 29.1 Å². The lowest BCUT2D eigenvalue weighted by Gasteiger charge is -2.20. The van der Waals surface area contributed by atoms with Gasteiger partial charge in [0.1, 0.15) is 5.15 Å². The number of nitrogens with zero attached hydrogens (tertiary/aromatic N) is 2. The van der Waals surface area contributed by atoms with Crippen LogP contribution in [-0.4, -0.2) is 54.3 Å². The highest BCUT2D eigenvalue weighted by Crippen LogP contribution is 2.20. The van der Waals surface area contributed by atoms with Crippen molar-refractivity contribution in [3.05, 3.63) is 28.0 Å². The monoisotopic (exact) mass is 292 g/mol. The fraction of sp³-hybridized carbons (Fsp3) is 0.455. The summed E-state index contributed by atoms with van der Waals surface area (Å²) in [5.41, 5.74) is 0.316. The maximum atomic E-state index is 12.0. The van der Waals surface area contributed by atoms with E-state index >= 15 is 0 Å². The molecule has 1 N–H and O–H groups in total. The summed E-state index contributed by atoms with van der Waals surface area (Å²) in [6.07, 6.45) is 0.607. The normalized spacial score (nSPS) is 12.3. The summed E-state index contributed by atoms with van der Waals surface area (Å²) >= 11 is 11.4. The van der Waals surface area contributed by atoms with Crippen LogP contribution in [0.2, 0.25) is 10.2 Å². The molecule has 1 amide bonds. The number of aliphatic hydroxyl groups is 1. The number of hydrogen-bond acceptors (Lipinski definition) is 4. The van der Waals surface area contributed by atoms with E-state index in [9.17, 15) is 9.90 Å². The molecule has 1 atom stereocenters. The lowest BCUT2D eigenvalue weighted by Crippen LogP contribution is -2.36. The third-order valence-electron chi connectivity index (χ3n) is 2.23. The highest BCUT2D eigenvalue weighted by atomic mass is 35.5. The molecule has 5 nitrogen and oxygen atoms in total.